The number of aromatic amines is 1. The first-order chi connectivity index (χ1) is 15.6. The summed E-state index contributed by atoms with van der Waals surface area (Å²) in [5.74, 6) is 0.251. The third kappa shape index (κ3) is 4.23. The van der Waals surface area contributed by atoms with Gasteiger partial charge in [-0.25, -0.2) is 4.98 Å². The van der Waals surface area contributed by atoms with Crippen molar-refractivity contribution in [2.75, 3.05) is 33.2 Å². The Balaban J connectivity index is 1.42. The molecular weight excluding hydrogens is 420 g/mol. The van der Waals surface area contributed by atoms with Crippen LogP contribution in [-0.2, 0) is 11.2 Å². The molecule has 6 heteroatoms. The number of amides is 1. The first-order valence-electron chi connectivity index (χ1n) is 11.2. The van der Waals surface area contributed by atoms with Gasteiger partial charge in [0.15, 0.2) is 0 Å². The second-order valence-corrected chi connectivity index (χ2v) is 9.03. The van der Waals surface area contributed by atoms with Crippen LogP contribution in [0.25, 0.3) is 33.2 Å². The van der Waals surface area contributed by atoms with Crippen molar-refractivity contribution in [2.24, 2.45) is 0 Å². The Hall–Kier alpha value is -2.89. The van der Waals surface area contributed by atoms with E-state index in [2.05, 4.69) is 35.1 Å². The van der Waals surface area contributed by atoms with Crippen LogP contribution in [0.2, 0.25) is 5.02 Å². The minimum atomic E-state index is 0.251. The number of aryl methyl sites for hydroxylation is 1. The van der Waals surface area contributed by atoms with E-state index in [1.165, 1.54) is 5.56 Å². The van der Waals surface area contributed by atoms with Crippen molar-refractivity contribution >= 4 is 39.3 Å². The predicted octanol–water partition coefficient (Wildman–Crippen LogP) is 5.13. The average molecular weight is 447 g/mol. The fourth-order valence-electron chi connectivity index (χ4n) is 4.53. The van der Waals surface area contributed by atoms with E-state index >= 15 is 0 Å². The molecule has 0 spiro atoms. The topological polar surface area (TPSA) is 52.2 Å². The van der Waals surface area contributed by atoms with Crippen molar-refractivity contribution in [1.29, 1.82) is 0 Å². The van der Waals surface area contributed by atoms with E-state index in [4.69, 9.17) is 16.6 Å². The Bertz CT molecular complexity index is 1270. The number of hydrogen-bond donors (Lipinski definition) is 1. The lowest BCUT2D eigenvalue weighted by Gasteiger charge is -2.32. The van der Waals surface area contributed by atoms with Crippen molar-refractivity contribution in [2.45, 2.75) is 19.3 Å². The summed E-state index contributed by atoms with van der Waals surface area (Å²) >= 11 is 6.33. The lowest BCUT2D eigenvalue weighted by atomic mass is 10.0. The van der Waals surface area contributed by atoms with Crippen molar-refractivity contribution in [3.63, 3.8) is 0 Å². The molecule has 32 heavy (non-hydrogen) atoms. The number of carbonyl (C=O) groups excluding carboxylic acids is 1. The summed E-state index contributed by atoms with van der Waals surface area (Å²) in [6, 6.07) is 18.2. The molecule has 1 fully saturated rings. The number of hydrogen-bond acceptors (Lipinski definition) is 3. The summed E-state index contributed by atoms with van der Waals surface area (Å²) in [6.45, 7) is 3.55. The van der Waals surface area contributed by atoms with Crippen molar-refractivity contribution in [3.8, 4) is 11.4 Å². The number of H-pyrrole nitrogens is 1. The molecule has 0 unspecified atom stereocenters. The standard InChI is InChI=1S/C26H27ClN4O/c1-30-13-15-31(16-14-30)25(32)8-4-6-20-21-17-19(27)10-12-23(21)29-26(20)24-11-9-18-5-2-3-7-22(18)28-24/h2-3,5,7,9-12,17,29H,4,6,8,13-16H2,1H3. The second kappa shape index (κ2) is 8.93. The van der Waals surface area contributed by atoms with Crippen LogP contribution in [0, 0.1) is 0 Å². The number of fused-ring (bicyclic) bond motifs is 2. The van der Waals surface area contributed by atoms with Gasteiger partial charge < -0.3 is 14.8 Å². The van der Waals surface area contributed by atoms with Crippen LogP contribution in [0.5, 0.6) is 0 Å². The van der Waals surface area contributed by atoms with Gasteiger partial charge in [0.25, 0.3) is 0 Å². The summed E-state index contributed by atoms with van der Waals surface area (Å²) in [7, 11) is 2.10. The maximum atomic E-state index is 12.7. The Labute approximate surface area is 193 Å². The minimum Gasteiger partial charge on any atom is -0.353 e. The van der Waals surface area contributed by atoms with Crippen LogP contribution in [0.3, 0.4) is 0 Å². The number of carbonyl (C=O) groups is 1. The number of nitrogens with zero attached hydrogens (tertiary/aromatic N) is 3. The number of nitrogens with one attached hydrogen (secondary N) is 1. The Morgan fingerprint density at radius 2 is 1.88 bits per heavy atom. The molecule has 1 saturated heterocycles. The van der Waals surface area contributed by atoms with Crippen molar-refractivity contribution in [1.82, 2.24) is 19.8 Å². The average Bonchev–Trinajstić information content (AvgIpc) is 3.17. The van der Waals surface area contributed by atoms with E-state index in [9.17, 15) is 4.79 Å². The molecule has 0 radical (unpaired) electrons. The van der Waals surface area contributed by atoms with Gasteiger partial charge in [-0.15, -0.1) is 0 Å². The van der Waals surface area contributed by atoms with Gasteiger partial charge in [0.05, 0.1) is 16.9 Å². The minimum absolute atomic E-state index is 0.251. The van der Waals surface area contributed by atoms with Crippen LogP contribution in [0.15, 0.2) is 54.6 Å². The fourth-order valence-corrected chi connectivity index (χ4v) is 4.71. The fraction of sp³-hybridized carbons (Fsp3) is 0.308. The smallest absolute Gasteiger partial charge is 0.222 e. The molecule has 5 nitrogen and oxygen atoms in total. The van der Waals surface area contributed by atoms with Gasteiger partial charge in [-0.05, 0) is 55.8 Å². The van der Waals surface area contributed by atoms with Crippen molar-refractivity contribution in [3.05, 3.63) is 65.2 Å². The summed E-state index contributed by atoms with van der Waals surface area (Å²) in [5.41, 5.74) is 5.12. The van der Waals surface area contributed by atoms with E-state index in [1.807, 2.05) is 41.3 Å². The maximum absolute atomic E-state index is 12.7. The van der Waals surface area contributed by atoms with Crippen LogP contribution in [0.1, 0.15) is 18.4 Å². The van der Waals surface area contributed by atoms with E-state index in [0.29, 0.717) is 11.4 Å². The summed E-state index contributed by atoms with van der Waals surface area (Å²) < 4.78 is 0. The SMILES string of the molecule is CN1CCN(C(=O)CCCc2c(-c3ccc4ccccc4n3)[nH]c3ccc(Cl)cc23)CC1. The highest BCUT2D eigenvalue weighted by Gasteiger charge is 2.20. The van der Waals surface area contributed by atoms with Gasteiger partial charge in [0.2, 0.25) is 5.91 Å². The molecule has 5 rings (SSSR count). The summed E-state index contributed by atoms with van der Waals surface area (Å²) in [4.78, 5) is 25.4. The van der Waals surface area contributed by atoms with Gasteiger partial charge in [0, 0.05) is 53.9 Å². The molecule has 4 aromatic rings. The molecule has 1 aliphatic heterocycles. The molecule has 0 saturated carbocycles. The maximum Gasteiger partial charge on any atom is 0.222 e. The lowest BCUT2D eigenvalue weighted by molar-refractivity contribution is -0.132. The van der Waals surface area contributed by atoms with E-state index in [-0.39, 0.29) is 5.91 Å². The van der Waals surface area contributed by atoms with Gasteiger partial charge in [0.1, 0.15) is 0 Å². The summed E-state index contributed by atoms with van der Waals surface area (Å²) in [5, 5.41) is 2.94. The number of likely N-dealkylation sites (N-methyl/N-ethyl adjacent to an activating group) is 1. The number of para-hydroxylation sites is 1. The lowest BCUT2D eigenvalue weighted by Crippen LogP contribution is -2.47. The van der Waals surface area contributed by atoms with Crippen molar-refractivity contribution < 1.29 is 4.79 Å². The molecule has 0 bridgehead atoms. The zero-order valence-electron chi connectivity index (χ0n) is 18.3. The molecule has 0 atom stereocenters. The highest BCUT2D eigenvalue weighted by atomic mass is 35.5. The molecule has 2 aromatic heterocycles. The van der Waals surface area contributed by atoms with E-state index < -0.39 is 0 Å². The zero-order chi connectivity index (χ0) is 22.1. The summed E-state index contributed by atoms with van der Waals surface area (Å²) in [6.07, 6.45) is 2.15. The normalized spacial score (nSPS) is 15.0. The largest absolute Gasteiger partial charge is 0.353 e. The highest BCUT2D eigenvalue weighted by molar-refractivity contribution is 6.31. The molecule has 1 aliphatic rings. The molecule has 2 aromatic carbocycles. The number of aromatic nitrogens is 2. The van der Waals surface area contributed by atoms with Gasteiger partial charge in [-0.1, -0.05) is 35.9 Å². The predicted molar refractivity (Wildman–Crippen MR) is 131 cm³/mol. The first kappa shape index (κ1) is 21.0. The van der Waals surface area contributed by atoms with Crippen LogP contribution in [0.4, 0.5) is 0 Å². The third-order valence-corrected chi connectivity index (χ3v) is 6.63. The molecule has 3 heterocycles. The molecule has 164 valence electrons. The number of pyridine rings is 1. The zero-order valence-corrected chi connectivity index (χ0v) is 19.0. The Kier molecular flexibility index (Phi) is 5.85. The number of rotatable bonds is 5. The van der Waals surface area contributed by atoms with E-state index in [1.54, 1.807) is 0 Å². The molecule has 0 aliphatic carbocycles. The highest BCUT2D eigenvalue weighted by Crippen LogP contribution is 2.33. The Morgan fingerprint density at radius 1 is 1.06 bits per heavy atom. The van der Waals surface area contributed by atoms with Gasteiger partial charge >= 0.3 is 0 Å². The van der Waals surface area contributed by atoms with Crippen LogP contribution in [-0.4, -0.2) is 58.9 Å². The monoisotopic (exact) mass is 446 g/mol. The quantitative estimate of drug-likeness (QED) is 0.462. The van der Waals surface area contributed by atoms with Gasteiger partial charge in [-0.2, -0.15) is 0 Å². The number of benzene rings is 2. The molecular formula is C26H27ClN4O. The third-order valence-electron chi connectivity index (χ3n) is 6.40. The first-order valence-corrected chi connectivity index (χ1v) is 11.6. The van der Waals surface area contributed by atoms with E-state index in [0.717, 1.165) is 72.2 Å². The van der Waals surface area contributed by atoms with Gasteiger partial charge in [-0.3, -0.25) is 4.79 Å². The molecule has 1 N–H and O–H groups in total. The van der Waals surface area contributed by atoms with Crippen LogP contribution < -0.4 is 0 Å². The number of halogens is 1. The second-order valence-electron chi connectivity index (χ2n) is 8.60. The number of piperazine rings is 1. The van der Waals surface area contributed by atoms with Crippen LogP contribution >= 0.6 is 11.6 Å². The Morgan fingerprint density at radius 3 is 2.72 bits per heavy atom. The molecule has 1 amide bonds.